The topological polar surface area (TPSA) is 9.23 Å². The Balaban J connectivity index is 0. The highest BCUT2D eigenvalue weighted by Gasteiger charge is 1.55. The Morgan fingerprint density at radius 3 is 2.80 bits per heavy atom. The SMILES string of the molecule is C=COCC.[3HH]. The van der Waals surface area contributed by atoms with Gasteiger partial charge in [0, 0.05) is 1.43 Å². The third-order valence-corrected chi connectivity index (χ3v) is 0.285. The van der Waals surface area contributed by atoms with Gasteiger partial charge in [0.2, 0.25) is 0 Å². The number of hydrogen-bond acceptors (Lipinski definition) is 1. The van der Waals surface area contributed by atoms with Crippen LogP contribution in [-0.2, 0) is 4.74 Å². The first-order valence-electron chi connectivity index (χ1n) is 1.64. The molecule has 0 bridgehead atoms. The normalized spacial score (nSPS) is 6.60. The molecule has 0 spiro atoms. The summed E-state index contributed by atoms with van der Waals surface area (Å²) in [4.78, 5) is 0. The Kier molecular flexibility index (Phi) is 3.21. The molecule has 0 heterocycles. The van der Waals surface area contributed by atoms with Crippen LogP contribution >= 0.6 is 0 Å². The molecule has 0 aromatic heterocycles. The third kappa shape index (κ3) is 3.54. The van der Waals surface area contributed by atoms with Crippen LogP contribution < -0.4 is 0 Å². The molecule has 0 aliphatic rings. The highest BCUT2D eigenvalue weighted by Crippen LogP contribution is 1.65. The molecule has 1 nitrogen and oxygen atoms in total. The summed E-state index contributed by atoms with van der Waals surface area (Å²) >= 11 is 0. The number of hydrogen-bond donors (Lipinski definition) is 0. The molecule has 0 atom stereocenters. The zero-order valence-electron chi connectivity index (χ0n) is 3.40. The predicted molar refractivity (Wildman–Crippen MR) is 23.9 cm³/mol. The van der Waals surface area contributed by atoms with Crippen LogP contribution in [0.3, 0.4) is 0 Å². The summed E-state index contributed by atoms with van der Waals surface area (Å²) in [5.74, 6) is 0. The Labute approximate surface area is 33.7 Å². The van der Waals surface area contributed by atoms with Gasteiger partial charge in [-0.05, 0) is 6.92 Å². The van der Waals surface area contributed by atoms with Gasteiger partial charge in [0.15, 0.2) is 0 Å². The second kappa shape index (κ2) is 3.54. The van der Waals surface area contributed by atoms with Crippen molar-refractivity contribution in [1.29, 1.82) is 0 Å². The standard InChI is InChI=1S/C4H8O.H2/c1-3-5-4-2;/h3H,1,4H2,2H3;1H/i;1+2. The summed E-state index contributed by atoms with van der Waals surface area (Å²) in [5.41, 5.74) is 0. The zero-order valence-corrected chi connectivity index (χ0v) is 3.40. The van der Waals surface area contributed by atoms with E-state index in [9.17, 15) is 0 Å². The van der Waals surface area contributed by atoms with Gasteiger partial charge in [0.05, 0.1) is 12.9 Å². The minimum absolute atomic E-state index is 0. The molecule has 0 unspecified atom stereocenters. The summed E-state index contributed by atoms with van der Waals surface area (Å²) in [6.45, 7) is 5.97. The van der Waals surface area contributed by atoms with Crippen molar-refractivity contribution in [2.45, 2.75) is 6.92 Å². The largest absolute Gasteiger partial charge is 0.502 e. The van der Waals surface area contributed by atoms with Crippen LogP contribution in [0.15, 0.2) is 12.8 Å². The van der Waals surface area contributed by atoms with Crippen molar-refractivity contribution in [2.75, 3.05) is 6.61 Å². The maximum Gasteiger partial charge on any atom is 0.0844 e. The first kappa shape index (κ1) is 4.54. The van der Waals surface area contributed by atoms with Gasteiger partial charge >= 0.3 is 0 Å². The van der Waals surface area contributed by atoms with Gasteiger partial charge in [0.1, 0.15) is 0 Å². The molecular weight excluding hydrogens is 64.0 g/mol. The fraction of sp³-hybridized carbons (Fsp3) is 0.500. The molecule has 0 aromatic rings. The van der Waals surface area contributed by atoms with Crippen molar-refractivity contribution in [1.82, 2.24) is 0 Å². The lowest BCUT2D eigenvalue weighted by Gasteiger charge is -1.84. The summed E-state index contributed by atoms with van der Waals surface area (Å²) < 4.78 is 4.60. The van der Waals surface area contributed by atoms with Crippen molar-refractivity contribution in [3.05, 3.63) is 12.8 Å². The second-order valence-corrected chi connectivity index (χ2v) is 0.622. The highest BCUT2D eigenvalue weighted by atomic mass is 16.5. The van der Waals surface area contributed by atoms with Crippen LogP contribution in [0.1, 0.15) is 8.35 Å². The van der Waals surface area contributed by atoms with Crippen molar-refractivity contribution in [2.24, 2.45) is 0 Å². The Bertz CT molecular complexity index is 28.7. The minimum atomic E-state index is 0. The van der Waals surface area contributed by atoms with E-state index in [0.29, 0.717) is 0 Å². The minimum Gasteiger partial charge on any atom is -0.502 e. The molecule has 1 heteroatoms. The second-order valence-electron chi connectivity index (χ2n) is 0.622. The molecule has 0 N–H and O–H groups in total. The van der Waals surface area contributed by atoms with Crippen molar-refractivity contribution in [3.8, 4) is 0 Å². The molecule has 0 rings (SSSR count). The summed E-state index contributed by atoms with van der Waals surface area (Å²) in [6, 6.07) is 0. The monoisotopic (exact) mass is 76.1 g/mol. The van der Waals surface area contributed by atoms with E-state index in [1.54, 1.807) is 0 Å². The molecule has 0 radical (unpaired) electrons. The van der Waals surface area contributed by atoms with E-state index >= 15 is 0 Å². The van der Waals surface area contributed by atoms with Gasteiger partial charge in [-0.3, -0.25) is 0 Å². The molecule has 0 saturated carbocycles. The number of rotatable bonds is 2. The fourth-order valence-corrected chi connectivity index (χ4v) is 0.118. The van der Waals surface area contributed by atoms with E-state index in [0.717, 1.165) is 6.61 Å². The highest BCUT2D eigenvalue weighted by molar-refractivity contribution is 4.45. The molecule has 32 valence electrons. The average molecular weight is 76.1 g/mol. The van der Waals surface area contributed by atoms with E-state index in [2.05, 4.69) is 11.3 Å². The maximum absolute atomic E-state index is 4.60. The first-order chi connectivity index (χ1) is 2.41. The van der Waals surface area contributed by atoms with E-state index in [-0.39, 0.29) is 1.43 Å². The zero-order chi connectivity index (χ0) is 4.12. The first-order valence-corrected chi connectivity index (χ1v) is 1.64. The van der Waals surface area contributed by atoms with E-state index < -0.39 is 0 Å². The van der Waals surface area contributed by atoms with Gasteiger partial charge in [-0.15, -0.1) is 0 Å². The lowest BCUT2D eigenvalue weighted by Crippen LogP contribution is -1.72. The molecule has 0 fully saturated rings. The quantitative estimate of drug-likeness (QED) is 0.452. The summed E-state index contributed by atoms with van der Waals surface area (Å²) in [5, 5.41) is 0. The van der Waals surface area contributed by atoms with Crippen LogP contribution in [0.4, 0.5) is 0 Å². The lowest BCUT2D eigenvalue weighted by molar-refractivity contribution is 0.270. The van der Waals surface area contributed by atoms with Gasteiger partial charge < -0.3 is 4.74 Å². The Morgan fingerprint density at radius 1 is 2.20 bits per heavy atom. The molecule has 0 aliphatic heterocycles. The van der Waals surface area contributed by atoms with Gasteiger partial charge in [0.25, 0.3) is 0 Å². The fourth-order valence-electron chi connectivity index (χ4n) is 0.118. The van der Waals surface area contributed by atoms with Crippen LogP contribution in [0.25, 0.3) is 0 Å². The van der Waals surface area contributed by atoms with Crippen LogP contribution in [0, 0.1) is 0 Å². The van der Waals surface area contributed by atoms with Crippen LogP contribution in [0.2, 0.25) is 0 Å². The van der Waals surface area contributed by atoms with Crippen LogP contribution in [0.5, 0.6) is 0 Å². The third-order valence-electron chi connectivity index (χ3n) is 0.285. The van der Waals surface area contributed by atoms with Gasteiger partial charge in [-0.2, -0.15) is 0 Å². The maximum atomic E-state index is 4.60. The Morgan fingerprint density at radius 2 is 2.80 bits per heavy atom. The molecular formula is C4H10O. The Hall–Kier alpha value is -0.460. The van der Waals surface area contributed by atoms with E-state index in [4.69, 9.17) is 0 Å². The molecule has 0 amide bonds. The molecule has 5 heavy (non-hydrogen) atoms. The smallest absolute Gasteiger partial charge is 0.0844 e. The van der Waals surface area contributed by atoms with Crippen molar-refractivity contribution >= 4 is 0 Å². The van der Waals surface area contributed by atoms with E-state index in [1.165, 1.54) is 6.26 Å². The van der Waals surface area contributed by atoms with Gasteiger partial charge in [-0.25, -0.2) is 0 Å². The van der Waals surface area contributed by atoms with Crippen molar-refractivity contribution < 1.29 is 6.16 Å². The molecule has 0 saturated heterocycles. The van der Waals surface area contributed by atoms with Crippen LogP contribution in [-0.4, -0.2) is 6.61 Å². The lowest BCUT2D eigenvalue weighted by atomic mass is 10.9. The number of ether oxygens (including phenoxy) is 1. The van der Waals surface area contributed by atoms with Crippen molar-refractivity contribution in [3.63, 3.8) is 0 Å². The van der Waals surface area contributed by atoms with E-state index in [1.807, 2.05) is 6.92 Å². The predicted octanol–water partition coefficient (Wildman–Crippen LogP) is 1.41. The van der Waals surface area contributed by atoms with Gasteiger partial charge in [-0.1, -0.05) is 6.58 Å². The molecule has 0 aromatic carbocycles. The summed E-state index contributed by atoms with van der Waals surface area (Å²) in [7, 11) is 0. The average Bonchev–Trinajstić information content (AvgIpc) is 1.41. The molecule has 0 aliphatic carbocycles. The summed E-state index contributed by atoms with van der Waals surface area (Å²) in [6.07, 6.45) is 1.43.